The molecule has 6 nitrogen and oxygen atoms in total. The van der Waals surface area contributed by atoms with Gasteiger partial charge in [-0.2, -0.15) is 10.1 Å². The SMILES string of the molecule is Cc1cc(Nc2nncc(NCc3ccco3)n2)ccc1Br. The second-order valence-corrected chi connectivity index (χ2v) is 5.54. The predicted octanol–water partition coefficient (Wildman–Crippen LogP) is 3.89. The van der Waals surface area contributed by atoms with Gasteiger partial charge in [0.2, 0.25) is 5.95 Å². The van der Waals surface area contributed by atoms with Crippen LogP contribution >= 0.6 is 15.9 Å². The number of hydrogen-bond acceptors (Lipinski definition) is 6. The highest BCUT2D eigenvalue weighted by Gasteiger charge is 2.03. The summed E-state index contributed by atoms with van der Waals surface area (Å²) in [5, 5.41) is 14.2. The molecule has 0 saturated heterocycles. The Kier molecular flexibility index (Phi) is 4.34. The van der Waals surface area contributed by atoms with Crippen LogP contribution in [-0.4, -0.2) is 15.2 Å². The quantitative estimate of drug-likeness (QED) is 0.719. The Morgan fingerprint density at radius 2 is 2.18 bits per heavy atom. The fourth-order valence-corrected chi connectivity index (χ4v) is 2.13. The van der Waals surface area contributed by atoms with Gasteiger partial charge in [-0.1, -0.05) is 15.9 Å². The highest BCUT2D eigenvalue weighted by molar-refractivity contribution is 9.10. The summed E-state index contributed by atoms with van der Waals surface area (Å²) >= 11 is 3.48. The molecule has 0 bridgehead atoms. The maximum absolute atomic E-state index is 5.26. The summed E-state index contributed by atoms with van der Waals surface area (Å²) in [5.41, 5.74) is 2.04. The van der Waals surface area contributed by atoms with Crippen molar-refractivity contribution in [3.05, 3.63) is 58.6 Å². The van der Waals surface area contributed by atoms with Gasteiger partial charge in [-0.05, 0) is 42.8 Å². The molecule has 7 heteroatoms. The van der Waals surface area contributed by atoms with Crippen LogP contribution in [-0.2, 0) is 6.54 Å². The minimum absolute atomic E-state index is 0.436. The molecule has 0 fully saturated rings. The Hall–Kier alpha value is -2.41. The van der Waals surface area contributed by atoms with Crippen LogP contribution in [0.15, 0.2) is 51.7 Å². The molecule has 0 saturated carbocycles. The van der Waals surface area contributed by atoms with Gasteiger partial charge in [0.15, 0.2) is 5.82 Å². The van der Waals surface area contributed by atoms with Crippen molar-refractivity contribution < 1.29 is 4.42 Å². The summed E-state index contributed by atoms with van der Waals surface area (Å²) < 4.78 is 6.32. The summed E-state index contributed by atoms with van der Waals surface area (Å²) in [6.07, 6.45) is 3.21. The van der Waals surface area contributed by atoms with Crippen LogP contribution < -0.4 is 10.6 Å². The zero-order valence-corrected chi connectivity index (χ0v) is 13.5. The molecular formula is C15H14BrN5O. The predicted molar refractivity (Wildman–Crippen MR) is 88.0 cm³/mol. The van der Waals surface area contributed by atoms with E-state index in [9.17, 15) is 0 Å². The summed E-state index contributed by atoms with van der Waals surface area (Å²) in [4.78, 5) is 4.37. The first-order valence-electron chi connectivity index (χ1n) is 6.70. The number of hydrogen-bond donors (Lipinski definition) is 2. The number of halogens is 1. The van der Waals surface area contributed by atoms with Gasteiger partial charge < -0.3 is 15.1 Å². The van der Waals surface area contributed by atoms with E-state index in [4.69, 9.17) is 4.42 Å². The number of furan rings is 1. The standard InChI is InChI=1S/C15H14BrN5O/c1-10-7-11(4-5-13(10)16)19-15-20-14(9-18-21-15)17-8-12-3-2-6-22-12/h2-7,9H,8H2,1H3,(H2,17,19,20,21). The molecular weight excluding hydrogens is 346 g/mol. The van der Waals surface area contributed by atoms with Gasteiger partial charge in [0.05, 0.1) is 19.0 Å². The molecule has 112 valence electrons. The van der Waals surface area contributed by atoms with Crippen LogP contribution in [0.3, 0.4) is 0 Å². The lowest BCUT2D eigenvalue weighted by Gasteiger charge is -2.08. The maximum Gasteiger partial charge on any atom is 0.249 e. The molecule has 0 atom stereocenters. The lowest BCUT2D eigenvalue weighted by atomic mass is 10.2. The van der Waals surface area contributed by atoms with Gasteiger partial charge in [0, 0.05) is 10.2 Å². The third-order valence-corrected chi connectivity index (χ3v) is 3.89. The van der Waals surface area contributed by atoms with E-state index in [2.05, 4.69) is 41.7 Å². The monoisotopic (exact) mass is 359 g/mol. The number of anilines is 3. The number of aryl methyl sites for hydroxylation is 1. The minimum Gasteiger partial charge on any atom is -0.467 e. The summed E-state index contributed by atoms with van der Waals surface area (Å²) in [7, 11) is 0. The molecule has 0 aliphatic rings. The maximum atomic E-state index is 5.26. The fourth-order valence-electron chi connectivity index (χ4n) is 1.88. The van der Waals surface area contributed by atoms with Crippen LogP contribution in [0, 0.1) is 6.92 Å². The normalized spacial score (nSPS) is 10.5. The first-order chi connectivity index (χ1) is 10.7. The van der Waals surface area contributed by atoms with E-state index < -0.39 is 0 Å². The molecule has 2 N–H and O–H groups in total. The van der Waals surface area contributed by atoms with Gasteiger partial charge >= 0.3 is 0 Å². The average molecular weight is 360 g/mol. The van der Waals surface area contributed by atoms with Crippen LogP contribution in [0.1, 0.15) is 11.3 Å². The van der Waals surface area contributed by atoms with Crippen molar-refractivity contribution in [2.75, 3.05) is 10.6 Å². The second kappa shape index (κ2) is 6.57. The summed E-state index contributed by atoms with van der Waals surface area (Å²) in [6, 6.07) is 9.67. The van der Waals surface area contributed by atoms with E-state index in [0.717, 1.165) is 21.5 Å². The molecule has 0 amide bonds. The summed E-state index contributed by atoms with van der Waals surface area (Å²) in [5.74, 6) is 1.89. The topological polar surface area (TPSA) is 75.9 Å². The van der Waals surface area contributed by atoms with Crippen LogP contribution in [0.25, 0.3) is 0 Å². The Morgan fingerprint density at radius 1 is 1.27 bits per heavy atom. The molecule has 2 aromatic heterocycles. The van der Waals surface area contributed by atoms with Crippen LogP contribution in [0.5, 0.6) is 0 Å². The number of rotatable bonds is 5. The lowest BCUT2D eigenvalue weighted by Crippen LogP contribution is -2.05. The van der Waals surface area contributed by atoms with E-state index >= 15 is 0 Å². The largest absolute Gasteiger partial charge is 0.467 e. The van der Waals surface area contributed by atoms with Crippen molar-refractivity contribution in [3.8, 4) is 0 Å². The van der Waals surface area contributed by atoms with Gasteiger partial charge in [-0.3, -0.25) is 0 Å². The zero-order chi connectivity index (χ0) is 15.4. The molecule has 0 unspecified atom stereocenters. The highest BCUT2D eigenvalue weighted by Crippen LogP contribution is 2.21. The average Bonchev–Trinajstić information content (AvgIpc) is 3.03. The van der Waals surface area contributed by atoms with Gasteiger partial charge in [0.25, 0.3) is 0 Å². The third-order valence-electron chi connectivity index (χ3n) is 3.00. The van der Waals surface area contributed by atoms with Gasteiger partial charge in [-0.25, -0.2) is 0 Å². The second-order valence-electron chi connectivity index (χ2n) is 4.69. The molecule has 0 radical (unpaired) electrons. The molecule has 0 aliphatic carbocycles. The van der Waals surface area contributed by atoms with E-state index in [-0.39, 0.29) is 0 Å². The number of nitrogens with zero attached hydrogens (tertiary/aromatic N) is 3. The number of benzene rings is 1. The smallest absolute Gasteiger partial charge is 0.249 e. The van der Waals surface area contributed by atoms with Crippen molar-refractivity contribution in [3.63, 3.8) is 0 Å². The number of nitrogens with one attached hydrogen (secondary N) is 2. The molecule has 3 rings (SSSR count). The lowest BCUT2D eigenvalue weighted by molar-refractivity contribution is 0.517. The molecule has 2 heterocycles. The number of aromatic nitrogens is 3. The molecule has 0 aliphatic heterocycles. The summed E-state index contributed by atoms with van der Waals surface area (Å²) in [6.45, 7) is 2.57. The minimum atomic E-state index is 0.436. The fraction of sp³-hybridized carbons (Fsp3) is 0.133. The molecule has 0 spiro atoms. The first-order valence-corrected chi connectivity index (χ1v) is 7.49. The molecule has 22 heavy (non-hydrogen) atoms. The van der Waals surface area contributed by atoms with E-state index in [1.807, 2.05) is 37.3 Å². The van der Waals surface area contributed by atoms with Crippen molar-refractivity contribution in [1.82, 2.24) is 15.2 Å². The van der Waals surface area contributed by atoms with Crippen LogP contribution in [0.2, 0.25) is 0 Å². The Balaban J connectivity index is 1.69. The van der Waals surface area contributed by atoms with Gasteiger partial charge in [-0.15, -0.1) is 5.10 Å². The van der Waals surface area contributed by atoms with Crippen molar-refractivity contribution in [1.29, 1.82) is 0 Å². The Labute approximate surface area is 136 Å². The van der Waals surface area contributed by atoms with Gasteiger partial charge in [0.1, 0.15) is 5.76 Å². The first kappa shape index (κ1) is 14.5. The van der Waals surface area contributed by atoms with Crippen molar-refractivity contribution in [2.24, 2.45) is 0 Å². The zero-order valence-electron chi connectivity index (χ0n) is 11.9. The van der Waals surface area contributed by atoms with Crippen LogP contribution in [0.4, 0.5) is 17.5 Å². The third kappa shape index (κ3) is 3.62. The van der Waals surface area contributed by atoms with Crippen molar-refractivity contribution in [2.45, 2.75) is 13.5 Å². The Bertz CT molecular complexity index is 760. The molecule has 1 aromatic carbocycles. The van der Waals surface area contributed by atoms with E-state index in [1.165, 1.54) is 0 Å². The van der Waals surface area contributed by atoms with Crippen molar-refractivity contribution >= 4 is 33.4 Å². The van der Waals surface area contributed by atoms with E-state index in [1.54, 1.807) is 12.5 Å². The Morgan fingerprint density at radius 3 is 2.95 bits per heavy atom. The van der Waals surface area contributed by atoms with E-state index in [0.29, 0.717) is 18.3 Å². The highest BCUT2D eigenvalue weighted by atomic mass is 79.9. The molecule has 3 aromatic rings.